The minimum absolute atomic E-state index is 0.00880. The third-order valence-electron chi connectivity index (χ3n) is 6.35. The van der Waals surface area contributed by atoms with Gasteiger partial charge in [0, 0.05) is 41.6 Å². The van der Waals surface area contributed by atoms with E-state index >= 15 is 0 Å². The lowest BCUT2D eigenvalue weighted by Gasteiger charge is -2.29. The number of nitrogens with zero attached hydrogens (tertiary/aromatic N) is 4. The molecule has 4 heterocycles. The monoisotopic (exact) mass is 496 g/mol. The molecular formula is C28H28N6OS. The Kier molecular flexibility index (Phi) is 6.52. The number of benzene rings is 1. The first-order valence-electron chi connectivity index (χ1n) is 11.9. The maximum atomic E-state index is 12.3. The van der Waals surface area contributed by atoms with Crippen LogP contribution in [0.15, 0.2) is 85.3 Å². The van der Waals surface area contributed by atoms with Crippen molar-refractivity contribution in [2.75, 3.05) is 10.2 Å². The third-order valence-corrected chi connectivity index (χ3v) is 6.66. The zero-order valence-electron chi connectivity index (χ0n) is 20.4. The van der Waals surface area contributed by atoms with Gasteiger partial charge in [0.2, 0.25) is 5.91 Å². The molecule has 4 aromatic rings. The van der Waals surface area contributed by atoms with E-state index in [2.05, 4.69) is 42.2 Å². The van der Waals surface area contributed by atoms with Gasteiger partial charge in [0.1, 0.15) is 11.9 Å². The fourth-order valence-electron chi connectivity index (χ4n) is 4.49. The maximum Gasteiger partial charge on any atom is 0.226 e. The molecule has 36 heavy (non-hydrogen) atoms. The molecule has 0 unspecified atom stereocenters. The Morgan fingerprint density at radius 3 is 2.47 bits per heavy atom. The molecule has 1 saturated heterocycles. The molecule has 1 fully saturated rings. The summed E-state index contributed by atoms with van der Waals surface area (Å²) in [5, 5.41) is 7.14. The van der Waals surface area contributed by atoms with Crippen LogP contribution in [0.2, 0.25) is 0 Å². The van der Waals surface area contributed by atoms with Crippen molar-refractivity contribution in [1.29, 1.82) is 0 Å². The minimum Gasteiger partial charge on any atom is -0.351 e. The number of rotatable bonds is 6. The zero-order valence-corrected chi connectivity index (χ0v) is 21.2. The van der Waals surface area contributed by atoms with Crippen LogP contribution in [0.1, 0.15) is 42.9 Å². The van der Waals surface area contributed by atoms with Gasteiger partial charge in [-0.1, -0.05) is 26.0 Å². The molecule has 1 amide bonds. The van der Waals surface area contributed by atoms with E-state index in [1.165, 1.54) is 0 Å². The number of aromatic nitrogens is 3. The van der Waals surface area contributed by atoms with Gasteiger partial charge >= 0.3 is 0 Å². The standard InChI is InChI=1S/C28H28N6OS/c1-18(2)27(35)31-21-13-12-20(17-19(21)3)34-26(25(32-28(34)36)22-9-4-6-14-29-22)23-10-8-16-33(23)24-11-5-7-15-30-24/h4-18,25-26H,1-3H3,(H,31,35)(H,32,36)/t25-,26+/m1/s1. The number of carbonyl (C=O) groups excluding carboxylic acids is 1. The van der Waals surface area contributed by atoms with Crippen LogP contribution in [0.5, 0.6) is 0 Å². The van der Waals surface area contributed by atoms with E-state index < -0.39 is 0 Å². The second kappa shape index (κ2) is 9.91. The molecule has 7 nitrogen and oxygen atoms in total. The van der Waals surface area contributed by atoms with Crippen molar-refractivity contribution in [2.24, 2.45) is 5.92 Å². The fourth-order valence-corrected chi connectivity index (χ4v) is 4.83. The number of aryl methyl sites for hydroxylation is 1. The summed E-state index contributed by atoms with van der Waals surface area (Å²) in [6.45, 7) is 5.76. The van der Waals surface area contributed by atoms with E-state index in [4.69, 9.17) is 12.2 Å². The zero-order chi connectivity index (χ0) is 25.2. The molecule has 1 aromatic carbocycles. The van der Waals surface area contributed by atoms with E-state index in [0.29, 0.717) is 5.11 Å². The van der Waals surface area contributed by atoms with Crippen LogP contribution in [0, 0.1) is 12.8 Å². The van der Waals surface area contributed by atoms with Gasteiger partial charge in [-0.25, -0.2) is 4.98 Å². The average molecular weight is 497 g/mol. The number of anilines is 2. The van der Waals surface area contributed by atoms with Crippen molar-refractivity contribution in [1.82, 2.24) is 19.9 Å². The van der Waals surface area contributed by atoms with Crippen LogP contribution in [-0.2, 0) is 4.79 Å². The van der Waals surface area contributed by atoms with E-state index in [1.54, 1.807) is 12.4 Å². The Labute approximate surface area is 216 Å². The molecule has 1 aliphatic rings. The normalized spacial score (nSPS) is 17.3. The number of nitrogens with one attached hydrogen (secondary N) is 2. The summed E-state index contributed by atoms with van der Waals surface area (Å²) >= 11 is 5.88. The minimum atomic E-state index is -0.181. The highest BCUT2D eigenvalue weighted by molar-refractivity contribution is 7.80. The predicted molar refractivity (Wildman–Crippen MR) is 146 cm³/mol. The van der Waals surface area contributed by atoms with Crippen molar-refractivity contribution >= 4 is 34.6 Å². The van der Waals surface area contributed by atoms with Crippen molar-refractivity contribution < 1.29 is 4.79 Å². The predicted octanol–water partition coefficient (Wildman–Crippen LogP) is 5.35. The van der Waals surface area contributed by atoms with E-state index in [1.807, 2.05) is 81.6 Å². The van der Waals surface area contributed by atoms with Crippen LogP contribution in [-0.4, -0.2) is 25.6 Å². The Bertz CT molecular complexity index is 1390. The van der Waals surface area contributed by atoms with Crippen LogP contribution >= 0.6 is 12.2 Å². The summed E-state index contributed by atoms with van der Waals surface area (Å²) in [7, 11) is 0. The van der Waals surface area contributed by atoms with Gasteiger partial charge in [-0.05, 0) is 79.3 Å². The summed E-state index contributed by atoms with van der Waals surface area (Å²) < 4.78 is 2.09. The molecule has 0 spiro atoms. The lowest BCUT2D eigenvalue weighted by Crippen LogP contribution is -2.30. The van der Waals surface area contributed by atoms with E-state index in [-0.39, 0.29) is 23.9 Å². The number of carbonyl (C=O) groups is 1. The van der Waals surface area contributed by atoms with Gasteiger partial charge in [-0.2, -0.15) is 0 Å². The lowest BCUT2D eigenvalue weighted by molar-refractivity contribution is -0.118. The second-order valence-electron chi connectivity index (χ2n) is 9.13. The van der Waals surface area contributed by atoms with Gasteiger partial charge in [0.25, 0.3) is 0 Å². The summed E-state index contributed by atoms with van der Waals surface area (Å²) in [5.74, 6) is 0.728. The lowest BCUT2D eigenvalue weighted by atomic mass is 10.0. The molecule has 182 valence electrons. The van der Waals surface area contributed by atoms with Crippen molar-refractivity contribution in [3.05, 3.63) is 102 Å². The van der Waals surface area contributed by atoms with Crippen LogP contribution in [0.3, 0.4) is 0 Å². The number of pyridine rings is 2. The summed E-state index contributed by atoms with van der Waals surface area (Å²) in [6.07, 6.45) is 5.61. The Morgan fingerprint density at radius 2 is 1.81 bits per heavy atom. The Hall–Kier alpha value is -4.04. The molecule has 0 bridgehead atoms. The first-order valence-corrected chi connectivity index (χ1v) is 12.4. The molecule has 8 heteroatoms. The Morgan fingerprint density at radius 1 is 1.03 bits per heavy atom. The third kappa shape index (κ3) is 4.47. The van der Waals surface area contributed by atoms with Crippen LogP contribution < -0.4 is 15.5 Å². The van der Waals surface area contributed by atoms with E-state index in [0.717, 1.165) is 34.1 Å². The van der Waals surface area contributed by atoms with Gasteiger partial charge in [-0.15, -0.1) is 0 Å². The number of amides is 1. The largest absolute Gasteiger partial charge is 0.351 e. The molecule has 2 N–H and O–H groups in total. The highest BCUT2D eigenvalue weighted by Crippen LogP contribution is 2.42. The number of hydrogen-bond donors (Lipinski definition) is 2. The SMILES string of the molecule is Cc1cc(N2C(=S)N[C@H](c3ccccn3)[C@@H]2c2cccn2-c2ccccn2)ccc1NC(=O)C(C)C. The van der Waals surface area contributed by atoms with Crippen molar-refractivity contribution in [2.45, 2.75) is 32.9 Å². The number of thiocarbonyl (C=S) groups is 1. The second-order valence-corrected chi connectivity index (χ2v) is 9.52. The molecule has 0 aliphatic carbocycles. The summed E-state index contributed by atoms with van der Waals surface area (Å²) in [6, 6.07) is 21.6. The first kappa shape index (κ1) is 23.7. The van der Waals surface area contributed by atoms with Gasteiger partial charge in [0.15, 0.2) is 5.11 Å². The molecular weight excluding hydrogens is 468 g/mol. The van der Waals surface area contributed by atoms with Gasteiger partial charge in [-0.3, -0.25) is 9.78 Å². The van der Waals surface area contributed by atoms with Crippen molar-refractivity contribution in [3.8, 4) is 5.82 Å². The molecule has 3 aromatic heterocycles. The average Bonchev–Trinajstić information content (AvgIpc) is 3.50. The molecule has 1 aliphatic heterocycles. The molecule has 2 atom stereocenters. The van der Waals surface area contributed by atoms with Crippen molar-refractivity contribution in [3.63, 3.8) is 0 Å². The molecule has 5 rings (SSSR count). The van der Waals surface area contributed by atoms with E-state index in [9.17, 15) is 4.79 Å². The maximum absolute atomic E-state index is 12.3. The van der Waals surface area contributed by atoms with Gasteiger partial charge in [0.05, 0.1) is 11.7 Å². The quantitative estimate of drug-likeness (QED) is 0.351. The summed E-state index contributed by atoms with van der Waals surface area (Å²) in [5.41, 5.74) is 4.63. The van der Waals surface area contributed by atoms with Gasteiger partial charge < -0.3 is 20.1 Å². The van der Waals surface area contributed by atoms with Crippen LogP contribution in [0.25, 0.3) is 5.82 Å². The summed E-state index contributed by atoms with van der Waals surface area (Å²) in [4.78, 5) is 23.6. The highest BCUT2D eigenvalue weighted by atomic mass is 32.1. The van der Waals surface area contributed by atoms with Crippen LogP contribution in [0.4, 0.5) is 11.4 Å². The molecule has 0 radical (unpaired) electrons. The smallest absolute Gasteiger partial charge is 0.226 e. The fraction of sp³-hybridized carbons (Fsp3) is 0.214. The number of hydrogen-bond acceptors (Lipinski definition) is 4. The molecule has 0 saturated carbocycles. The first-order chi connectivity index (χ1) is 17.4. The highest BCUT2D eigenvalue weighted by Gasteiger charge is 2.42. The Balaban J connectivity index is 1.59. The topological polar surface area (TPSA) is 75.1 Å².